The second-order valence-corrected chi connectivity index (χ2v) is 3.58. The van der Waals surface area contributed by atoms with E-state index in [1.807, 2.05) is 25.1 Å². The van der Waals surface area contributed by atoms with Gasteiger partial charge in [-0.2, -0.15) is 0 Å². The molecule has 1 aromatic carbocycles. The largest absolute Gasteiger partial charge is 0.481 e. The fraction of sp³-hybridized carbons (Fsp3) is 0.364. The number of rotatable bonds is 1. The Bertz CT molecular complexity index is 355. The minimum Gasteiger partial charge on any atom is -0.481 e. The summed E-state index contributed by atoms with van der Waals surface area (Å²) in [6, 6.07) is 6.02. The molecule has 0 aromatic heterocycles. The van der Waals surface area contributed by atoms with E-state index in [9.17, 15) is 4.79 Å². The van der Waals surface area contributed by atoms with Crippen LogP contribution in [0.1, 0.15) is 29.0 Å². The molecule has 68 valence electrons. The number of aliphatic carboxylic acids is 1. The van der Waals surface area contributed by atoms with Gasteiger partial charge < -0.3 is 5.11 Å². The Hall–Kier alpha value is -1.31. The number of carboxylic acids is 1. The minimum absolute atomic E-state index is 0.267. The van der Waals surface area contributed by atoms with E-state index in [4.69, 9.17) is 5.11 Å². The van der Waals surface area contributed by atoms with E-state index in [0.29, 0.717) is 0 Å². The molecule has 1 unspecified atom stereocenters. The Balaban J connectivity index is 2.52. The standard InChI is InChI=1S/C11H12O2/c1-7-3-2-4-8-5-6-9(10(7)8)11(12)13/h2-4,9H,5-6H2,1H3,(H,12,13). The molecule has 0 aliphatic heterocycles. The van der Waals surface area contributed by atoms with Crippen LogP contribution in [0.15, 0.2) is 18.2 Å². The van der Waals surface area contributed by atoms with Gasteiger partial charge in [0.2, 0.25) is 0 Å². The molecule has 0 radical (unpaired) electrons. The van der Waals surface area contributed by atoms with E-state index in [1.165, 1.54) is 5.56 Å². The maximum absolute atomic E-state index is 10.9. The highest BCUT2D eigenvalue weighted by atomic mass is 16.4. The van der Waals surface area contributed by atoms with Gasteiger partial charge >= 0.3 is 5.97 Å². The van der Waals surface area contributed by atoms with E-state index < -0.39 is 5.97 Å². The molecule has 2 nitrogen and oxygen atoms in total. The van der Waals surface area contributed by atoms with Crippen LogP contribution in [-0.4, -0.2) is 11.1 Å². The molecular weight excluding hydrogens is 164 g/mol. The van der Waals surface area contributed by atoms with Crippen molar-refractivity contribution in [1.29, 1.82) is 0 Å². The Labute approximate surface area is 77.2 Å². The number of fused-ring (bicyclic) bond motifs is 1. The van der Waals surface area contributed by atoms with Crippen LogP contribution < -0.4 is 0 Å². The Kier molecular flexibility index (Phi) is 1.83. The summed E-state index contributed by atoms with van der Waals surface area (Å²) < 4.78 is 0. The van der Waals surface area contributed by atoms with Gasteiger partial charge in [0, 0.05) is 0 Å². The maximum Gasteiger partial charge on any atom is 0.311 e. The van der Waals surface area contributed by atoms with Crippen LogP contribution in [0, 0.1) is 6.92 Å². The second kappa shape index (κ2) is 2.87. The zero-order chi connectivity index (χ0) is 9.42. The zero-order valence-electron chi connectivity index (χ0n) is 7.58. The number of hydrogen-bond donors (Lipinski definition) is 1. The second-order valence-electron chi connectivity index (χ2n) is 3.58. The van der Waals surface area contributed by atoms with Crippen molar-refractivity contribution in [2.24, 2.45) is 0 Å². The van der Waals surface area contributed by atoms with Crippen molar-refractivity contribution < 1.29 is 9.90 Å². The lowest BCUT2D eigenvalue weighted by molar-refractivity contribution is -0.138. The number of carboxylic acid groups (broad SMARTS) is 1. The van der Waals surface area contributed by atoms with Crippen LogP contribution in [0.2, 0.25) is 0 Å². The Morgan fingerprint density at radius 3 is 3.00 bits per heavy atom. The lowest BCUT2D eigenvalue weighted by Gasteiger charge is -2.08. The molecule has 1 aromatic rings. The fourth-order valence-corrected chi connectivity index (χ4v) is 2.15. The quantitative estimate of drug-likeness (QED) is 0.711. The van der Waals surface area contributed by atoms with Gasteiger partial charge in [-0.25, -0.2) is 0 Å². The fourth-order valence-electron chi connectivity index (χ4n) is 2.15. The van der Waals surface area contributed by atoms with Crippen LogP contribution in [-0.2, 0) is 11.2 Å². The summed E-state index contributed by atoms with van der Waals surface area (Å²) in [5.74, 6) is -0.954. The van der Waals surface area contributed by atoms with Crippen molar-refractivity contribution >= 4 is 5.97 Å². The molecule has 1 aliphatic rings. The first-order chi connectivity index (χ1) is 6.20. The Morgan fingerprint density at radius 2 is 2.31 bits per heavy atom. The number of carbonyl (C=O) groups is 1. The molecule has 1 atom stereocenters. The van der Waals surface area contributed by atoms with Crippen LogP contribution in [0.3, 0.4) is 0 Å². The summed E-state index contributed by atoms with van der Waals surface area (Å²) >= 11 is 0. The summed E-state index contributed by atoms with van der Waals surface area (Å²) in [5.41, 5.74) is 3.38. The third kappa shape index (κ3) is 1.22. The van der Waals surface area contributed by atoms with Crippen LogP contribution in [0.5, 0.6) is 0 Å². The third-order valence-corrected chi connectivity index (χ3v) is 2.76. The van der Waals surface area contributed by atoms with Crippen molar-refractivity contribution in [2.45, 2.75) is 25.7 Å². The topological polar surface area (TPSA) is 37.3 Å². The molecule has 2 heteroatoms. The van der Waals surface area contributed by atoms with Gasteiger partial charge in [0.25, 0.3) is 0 Å². The number of hydrogen-bond acceptors (Lipinski definition) is 1. The van der Waals surface area contributed by atoms with E-state index in [1.54, 1.807) is 0 Å². The van der Waals surface area contributed by atoms with Gasteiger partial charge in [0.15, 0.2) is 0 Å². The normalized spacial score (nSPS) is 19.9. The van der Waals surface area contributed by atoms with E-state index in [2.05, 4.69) is 0 Å². The molecule has 13 heavy (non-hydrogen) atoms. The van der Waals surface area contributed by atoms with Gasteiger partial charge in [0.05, 0.1) is 5.92 Å². The maximum atomic E-state index is 10.9. The van der Waals surface area contributed by atoms with Crippen LogP contribution >= 0.6 is 0 Å². The SMILES string of the molecule is Cc1cccc2c1C(C(=O)O)CC2. The summed E-state index contributed by atoms with van der Waals surface area (Å²) in [6.45, 7) is 1.99. The van der Waals surface area contributed by atoms with Crippen molar-refractivity contribution in [3.63, 3.8) is 0 Å². The first-order valence-electron chi connectivity index (χ1n) is 4.51. The summed E-state index contributed by atoms with van der Waals surface area (Å²) in [5, 5.41) is 8.98. The van der Waals surface area contributed by atoms with Crippen molar-refractivity contribution in [2.75, 3.05) is 0 Å². The van der Waals surface area contributed by atoms with Gasteiger partial charge in [-0.05, 0) is 36.5 Å². The molecule has 0 fully saturated rings. The Morgan fingerprint density at radius 1 is 1.54 bits per heavy atom. The molecule has 2 rings (SSSR count). The molecular formula is C11H12O2. The van der Waals surface area contributed by atoms with Crippen LogP contribution in [0.4, 0.5) is 0 Å². The molecule has 0 saturated carbocycles. The zero-order valence-corrected chi connectivity index (χ0v) is 7.58. The minimum atomic E-state index is -0.687. The summed E-state index contributed by atoms with van der Waals surface area (Å²) in [4.78, 5) is 10.9. The van der Waals surface area contributed by atoms with Crippen molar-refractivity contribution in [3.05, 3.63) is 34.9 Å². The highest BCUT2D eigenvalue weighted by Gasteiger charge is 2.29. The molecule has 0 heterocycles. The average molecular weight is 176 g/mol. The predicted molar refractivity (Wildman–Crippen MR) is 49.9 cm³/mol. The highest BCUT2D eigenvalue weighted by molar-refractivity contribution is 5.78. The summed E-state index contributed by atoms with van der Waals surface area (Å²) in [7, 11) is 0. The average Bonchev–Trinajstić information content (AvgIpc) is 2.49. The molecule has 0 saturated heterocycles. The van der Waals surface area contributed by atoms with Gasteiger partial charge in [-0.3, -0.25) is 4.79 Å². The van der Waals surface area contributed by atoms with E-state index >= 15 is 0 Å². The summed E-state index contributed by atoms with van der Waals surface area (Å²) in [6.07, 6.45) is 1.67. The number of benzene rings is 1. The predicted octanol–water partition coefficient (Wildman–Crippen LogP) is 2.11. The van der Waals surface area contributed by atoms with Crippen LogP contribution in [0.25, 0.3) is 0 Å². The molecule has 0 amide bonds. The first kappa shape index (κ1) is 8.30. The van der Waals surface area contributed by atoms with Crippen molar-refractivity contribution in [3.8, 4) is 0 Å². The lowest BCUT2D eigenvalue weighted by atomic mass is 9.97. The molecule has 0 bridgehead atoms. The smallest absolute Gasteiger partial charge is 0.311 e. The lowest BCUT2D eigenvalue weighted by Crippen LogP contribution is -2.08. The van der Waals surface area contributed by atoms with E-state index in [0.717, 1.165) is 24.0 Å². The molecule has 1 N–H and O–H groups in total. The first-order valence-corrected chi connectivity index (χ1v) is 4.51. The van der Waals surface area contributed by atoms with Gasteiger partial charge in [-0.1, -0.05) is 18.2 Å². The highest BCUT2D eigenvalue weighted by Crippen LogP contribution is 2.35. The third-order valence-electron chi connectivity index (χ3n) is 2.76. The van der Waals surface area contributed by atoms with Crippen molar-refractivity contribution in [1.82, 2.24) is 0 Å². The molecule has 1 aliphatic carbocycles. The monoisotopic (exact) mass is 176 g/mol. The van der Waals surface area contributed by atoms with Gasteiger partial charge in [-0.15, -0.1) is 0 Å². The molecule has 0 spiro atoms. The van der Waals surface area contributed by atoms with E-state index in [-0.39, 0.29) is 5.92 Å². The number of aryl methyl sites for hydroxylation is 2. The van der Waals surface area contributed by atoms with Gasteiger partial charge in [0.1, 0.15) is 0 Å².